The SMILES string of the molecule is COc1ccccc1Oc1c(CCC(=O)NCCN(C)C)c(C)nn1-c1ccc(F)cc1. The molecule has 3 aromatic rings. The first-order valence-corrected chi connectivity index (χ1v) is 10.5. The van der Waals surface area contributed by atoms with Crippen LogP contribution < -0.4 is 14.8 Å². The molecule has 1 amide bonds. The number of para-hydroxylation sites is 2. The minimum Gasteiger partial charge on any atom is -0.493 e. The normalized spacial score (nSPS) is 10.9. The molecule has 0 aliphatic carbocycles. The van der Waals surface area contributed by atoms with E-state index < -0.39 is 0 Å². The number of likely N-dealkylation sites (N-methyl/N-ethyl adjacent to an activating group) is 1. The first kappa shape index (κ1) is 23.3. The number of hydrogen-bond donors (Lipinski definition) is 1. The van der Waals surface area contributed by atoms with Gasteiger partial charge in [-0.25, -0.2) is 9.07 Å². The summed E-state index contributed by atoms with van der Waals surface area (Å²) in [5.41, 5.74) is 2.20. The van der Waals surface area contributed by atoms with Gasteiger partial charge in [0.2, 0.25) is 11.8 Å². The number of aromatic nitrogens is 2. The minimum atomic E-state index is -0.334. The third-order valence-electron chi connectivity index (χ3n) is 4.97. The van der Waals surface area contributed by atoms with Gasteiger partial charge in [0.1, 0.15) is 5.82 Å². The maximum absolute atomic E-state index is 13.5. The number of rotatable bonds is 10. The molecule has 0 saturated heterocycles. The van der Waals surface area contributed by atoms with Gasteiger partial charge in [0.05, 0.1) is 18.5 Å². The van der Waals surface area contributed by atoms with Gasteiger partial charge >= 0.3 is 0 Å². The molecule has 0 bridgehead atoms. The Morgan fingerprint density at radius 3 is 2.47 bits per heavy atom. The Bertz CT molecular complexity index is 1050. The van der Waals surface area contributed by atoms with E-state index in [4.69, 9.17) is 9.47 Å². The van der Waals surface area contributed by atoms with E-state index in [-0.39, 0.29) is 11.7 Å². The number of carbonyl (C=O) groups is 1. The monoisotopic (exact) mass is 440 g/mol. The van der Waals surface area contributed by atoms with Crippen LogP contribution in [0.4, 0.5) is 4.39 Å². The Kier molecular flexibility index (Phi) is 7.83. The molecule has 0 atom stereocenters. The van der Waals surface area contributed by atoms with E-state index in [9.17, 15) is 9.18 Å². The smallest absolute Gasteiger partial charge is 0.226 e. The second kappa shape index (κ2) is 10.8. The molecule has 0 radical (unpaired) electrons. The van der Waals surface area contributed by atoms with Crippen molar-refractivity contribution >= 4 is 5.91 Å². The van der Waals surface area contributed by atoms with Gasteiger partial charge < -0.3 is 19.7 Å². The Morgan fingerprint density at radius 2 is 1.81 bits per heavy atom. The van der Waals surface area contributed by atoms with Gasteiger partial charge in [0.15, 0.2) is 11.5 Å². The molecule has 8 heteroatoms. The number of methoxy groups -OCH3 is 1. The van der Waals surface area contributed by atoms with E-state index in [1.54, 1.807) is 36.1 Å². The highest BCUT2D eigenvalue weighted by molar-refractivity contribution is 5.76. The van der Waals surface area contributed by atoms with Crippen molar-refractivity contribution in [3.05, 3.63) is 65.6 Å². The van der Waals surface area contributed by atoms with E-state index in [1.807, 2.05) is 38.1 Å². The van der Waals surface area contributed by atoms with Gasteiger partial charge in [0.25, 0.3) is 0 Å². The Labute approximate surface area is 187 Å². The maximum atomic E-state index is 13.5. The lowest BCUT2D eigenvalue weighted by Crippen LogP contribution is -2.31. The summed E-state index contributed by atoms with van der Waals surface area (Å²) in [6.07, 6.45) is 0.747. The number of carbonyl (C=O) groups excluding carboxylic acids is 1. The first-order chi connectivity index (χ1) is 15.4. The van der Waals surface area contributed by atoms with Crippen LogP contribution in [0.5, 0.6) is 17.4 Å². The topological polar surface area (TPSA) is 68.6 Å². The average Bonchev–Trinajstić information content (AvgIpc) is 3.08. The van der Waals surface area contributed by atoms with E-state index in [2.05, 4.69) is 10.4 Å². The molecule has 32 heavy (non-hydrogen) atoms. The molecule has 0 spiro atoms. The largest absolute Gasteiger partial charge is 0.493 e. The van der Waals surface area contributed by atoms with Crippen LogP contribution >= 0.6 is 0 Å². The van der Waals surface area contributed by atoms with Crippen LogP contribution in [0.3, 0.4) is 0 Å². The molecule has 0 saturated carbocycles. The summed E-state index contributed by atoms with van der Waals surface area (Å²) >= 11 is 0. The molecule has 170 valence electrons. The lowest BCUT2D eigenvalue weighted by atomic mass is 10.1. The molecule has 0 fully saturated rings. The molecule has 7 nitrogen and oxygen atoms in total. The van der Waals surface area contributed by atoms with Crippen molar-refractivity contribution < 1.29 is 18.7 Å². The van der Waals surface area contributed by atoms with Crippen molar-refractivity contribution in [2.24, 2.45) is 0 Å². The van der Waals surface area contributed by atoms with Gasteiger partial charge in [-0.2, -0.15) is 5.10 Å². The molecule has 3 rings (SSSR count). The highest BCUT2D eigenvalue weighted by Crippen LogP contribution is 2.35. The zero-order valence-electron chi connectivity index (χ0n) is 18.9. The number of benzene rings is 2. The number of hydrogen-bond acceptors (Lipinski definition) is 5. The predicted octanol–water partition coefficient (Wildman–Crippen LogP) is 3.73. The molecule has 2 aromatic carbocycles. The van der Waals surface area contributed by atoms with Crippen LogP contribution in [0.15, 0.2) is 48.5 Å². The van der Waals surface area contributed by atoms with E-state index >= 15 is 0 Å². The van der Waals surface area contributed by atoms with E-state index in [0.717, 1.165) is 17.8 Å². The van der Waals surface area contributed by atoms with Crippen molar-refractivity contribution in [1.29, 1.82) is 0 Å². The fourth-order valence-corrected chi connectivity index (χ4v) is 3.24. The van der Waals surface area contributed by atoms with Gasteiger partial charge in [-0.05, 0) is 63.8 Å². The number of halogens is 1. The Hall–Kier alpha value is -3.39. The van der Waals surface area contributed by atoms with E-state index in [1.165, 1.54) is 12.1 Å². The molecule has 0 aliphatic heterocycles. The average molecular weight is 441 g/mol. The summed E-state index contributed by atoms with van der Waals surface area (Å²) in [5.74, 6) is 1.20. The van der Waals surface area contributed by atoms with Crippen LogP contribution in [-0.2, 0) is 11.2 Å². The highest BCUT2D eigenvalue weighted by atomic mass is 19.1. The van der Waals surface area contributed by atoms with E-state index in [0.29, 0.717) is 42.5 Å². The zero-order valence-corrected chi connectivity index (χ0v) is 18.9. The lowest BCUT2D eigenvalue weighted by Gasteiger charge is -2.14. The quantitative estimate of drug-likeness (QED) is 0.520. The second-order valence-electron chi connectivity index (χ2n) is 7.66. The molecular weight excluding hydrogens is 411 g/mol. The second-order valence-corrected chi connectivity index (χ2v) is 7.66. The summed E-state index contributed by atoms with van der Waals surface area (Å²) in [4.78, 5) is 14.3. The third kappa shape index (κ3) is 5.85. The minimum absolute atomic E-state index is 0.0379. The zero-order chi connectivity index (χ0) is 23.1. The molecule has 1 aromatic heterocycles. The van der Waals surface area contributed by atoms with Crippen LogP contribution in [0, 0.1) is 12.7 Å². The van der Waals surface area contributed by atoms with Gasteiger partial charge in [-0.1, -0.05) is 12.1 Å². The van der Waals surface area contributed by atoms with Crippen LogP contribution in [0.1, 0.15) is 17.7 Å². The highest BCUT2D eigenvalue weighted by Gasteiger charge is 2.21. The fourth-order valence-electron chi connectivity index (χ4n) is 3.24. The standard InChI is InChI=1S/C24H29FN4O3/c1-17-20(13-14-23(30)26-15-16-28(2)3)24(32-22-8-6-5-7-21(22)31-4)29(27-17)19-11-9-18(25)10-12-19/h5-12H,13-16H2,1-4H3,(H,26,30). The van der Waals surface area contributed by atoms with Crippen LogP contribution in [0.25, 0.3) is 5.69 Å². The van der Waals surface area contributed by atoms with Crippen molar-refractivity contribution in [3.63, 3.8) is 0 Å². The molecule has 1 heterocycles. The predicted molar refractivity (Wildman–Crippen MR) is 121 cm³/mol. The number of nitrogens with one attached hydrogen (secondary N) is 1. The maximum Gasteiger partial charge on any atom is 0.226 e. The summed E-state index contributed by atoms with van der Waals surface area (Å²) in [5, 5.41) is 7.54. The number of ether oxygens (including phenoxy) is 2. The van der Waals surface area contributed by atoms with Crippen LogP contribution in [0.2, 0.25) is 0 Å². The third-order valence-corrected chi connectivity index (χ3v) is 4.97. The van der Waals surface area contributed by atoms with Crippen LogP contribution in [-0.4, -0.2) is 54.9 Å². The number of amides is 1. The lowest BCUT2D eigenvalue weighted by molar-refractivity contribution is -0.121. The van der Waals surface area contributed by atoms with Crippen molar-refractivity contribution in [2.45, 2.75) is 19.8 Å². The molecule has 0 unspecified atom stereocenters. The Balaban J connectivity index is 1.90. The summed E-state index contributed by atoms with van der Waals surface area (Å²) < 4.78 is 26.8. The van der Waals surface area contributed by atoms with Gasteiger partial charge in [-0.15, -0.1) is 0 Å². The Morgan fingerprint density at radius 1 is 1.12 bits per heavy atom. The fraction of sp³-hybridized carbons (Fsp3) is 0.333. The van der Waals surface area contributed by atoms with Crippen molar-refractivity contribution in [2.75, 3.05) is 34.3 Å². The molecule has 0 aliphatic rings. The number of aryl methyl sites for hydroxylation is 1. The van der Waals surface area contributed by atoms with Crippen molar-refractivity contribution in [1.82, 2.24) is 20.0 Å². The summed E-state index contributed by atoms with van der Waals surface area (Å²) in [6.45, 7) is 3.23. The molecule has 1 N–H and O–H groups in total. The van der Waals surface area contributed by atoms with Gasteiger partial charge in [0, 0.05) is 25.1 Å². The summed E-state index contributed by atoms with van der Waals surface area (Å²) in [6, 6.07) is 13.3. The van der Waals surface area contributed by atoms with Gasteiger partial charge in [-0.3, -0.25) is 4.79 Å². The number of nitrogens with zero attached hydrogens (tertiary/aromatic N) is 3. The first-order valence-electron chi connectivity index (χ1n) is 10.5. The summed E-state index contributed by atoms with van der Waals surface area (Å²) in [7, 11) is 5.49. The van der Waals surface area contributed by atoms with Crippen molar-refractivity contribution in [3.8, 4) is 23.1 Å². The molecular formula is C24H29FN4O3.